The maximum Gasteiger partial charge on any atom is 0.193 e. The molecule has 4 heteroatoms. The molecule has 3 rings (SSSR count). The minimum atomic E-state index is -1.41. The van der Waals surface area contributed by atoms with Gasteiger partial charge in [0, 0.05) is 11.0 Å². The van der Waals surface area contributed by atoms with Crippen molar-refractivity contribution in [3.8, 4) is 0 Å². The smallest absolute Gasteiger partial charge is 0.193 e. The number of benzene rings is 1. The zero-order valence-electron chi connectivity index (χ0n) is 19.2. The summed E-state index contributed by atoms with van der Waals surface area (Å²) in [6.07, 6.45) is 5.47. The topological polar surface area (TPSA) is 74.6 Å². The van der Waals surface area contributed by atoms with Crippen molar-refractivity contribution in [2.75, 3.05) is 0 Å². The number of allylic oxidation sites excluding steroid dienone is 3. The maximum absolute atomic E-state index is 12.7. The van der Waals surface area contributed by atoms with E-state index in [2.05, 4.69) is 26.8 Å². The Labute approximate surface area is 179 Å². The summed E-state index contributed by atoms with van der Waals surface area (Å²) in [4.78, 5) is 25.1. The molecule has 30 heavy (non-hydrogen) atoms. The summed E-state index contributed by atoms with van der Waals surface area (Å²) in [5.74, 6) is -0.379. The lowest BCUT2D eigenvalue weighted by Gasteiger charge is -2.35. The van der Waals surface area contributed by atoms with Crippen LogP contribution in [0.5, 0.6) is 0 Å². The average Bonchev–Trinajstić information content (AvgIpc) is 2.85. The molecule has 0 amide bonds. The maximum atomic E-state index is 12.7. The van der Waals surface area contributed by atoms with E-state index in [1.54, 1.807) is 12.1 Å². The molecule has 4 nitrogen and oxygen atoms in total. The molecule has 0 spiro atoms. The van der Waals surface area contributed by atoms with Crippen molar-refractivity contribution in [1.29, 1.82) is 0 Å². The van der Waals surface area contributed by atoms with Crippen molar-refractivity contribution >= 4 is 11.6 Å². The Balaban J connectivity index is 1.98. The first-order chi connectivity index (χ1) is 13.6. The monoisotopic (exact) mass is 410 g/mol. The fraction of sp³-hybridized carbons (Fsp3) is 0.538. The van der Waals surface area contributed by atoms with E-state index >= 15 is 0 Å². The molecule has 0 saturated heterocycles. The third kappa shape index (κ3) is 3.83. The van der Waals surface area contributed by atoms with Gasteiger partial charge in [0.25, 0.3) is 0 Å². The summed E-state index contributed by atoms with van der Waals surface area (Å²) in [6, 6.07) is 7.54. The molecule has 2 unspecified atom stereocenters. The lowest BCUT2D eigenvalue weighted by atomic mass is 9.68. The van der Waals surface area contributed by atoms with E-state index in [9.17, 15) is 19.8 Å². The fourth-order valence-corrected chi connectivity index (χ4v) is 5.33. The van der Waals surface area contributed by atoms with E-state index in [0.29, 0.717) is 17.6 Å². The van der Waals surface area contributed by atoms with Crippen molar-refractivity contribution in [2.45, 2.75) is 77.9 Å². The third-order valence-corrected chi connectivity index (χ3v) is 6.83. The molecule has 1 aromatic carbocycles. The molecule has 0 bridgehead atoms. The van der Waals surface area contributed by atoms with Crippen LogP contribution in [0.2, 0.25) is 0 Å². The van der Waals surface area contributed by atoms with Crippen molar-refractivity contribution in [3.63, 3.8) is 0 Å². The van der Waals surface area contributed by atoms with Crippen molar-refractivity contribution in [3.05, 3.63) is 58.7 Å². The van der Waals surface area contributed by atoms with Gasteiger partial charge in [-0.05, 0) is 63.0 Å². The van der Waals surface area contributed by atoms with Gasteiger partial charge in [-0.15, -0.1) is 0 Å². The molecular weight excluding hydrogens is 376 g/mol. The highest BCUT2D eigenvalue weighted by molar-refractivity contribution is 6.02. The lowest BCUT2D eigenvalue weighted by molar-refractivity contribution is -0.130. The summed E-state index contributed by atoms with van der Waals surface area (Å²) < 4.78 is 0. The van der Waals surface area contributed by atoms with Crippen molar-refractivity contribution in [1.82, 2.24) is 0 Å². The second-order valence-electron chi connectivity index (χ2n) is 10.9. The normalized spacial score (nSPS) is 26.0. The van der Waals surface area contributed by atoms with Crippen molar-refractivity contribution in [2.24, 2.45) is 11.3 Å². The summed E-state index contributed by atoms with van der Waals surface area (Å²) >= 11 is 0. The van der Waals surface area contributed by atoms with Gasteiger partial charge in [0.2, 0.25) is 0 Å². The Hall–Kier alpha value is -2.04. The number of carbonyl (C=O) groups excluding carboxylic acids is 2. The molecular formula is C26H34O4. The molecule has 0 aliphatic heterocycles. The molecule has 1 fully saturated rings. The van der Waals surface area contributed by atoms with E-state index in [1.807, 2.05) is 18.2 Å². The van der Waals surface area contributed by atoms with Crippen LogP contribution in [-0.4, -0.2) is 33.0 Å². The summed E-state index contributed by atoms with van der Waals surface area (Å²) in [7, 11) is 0. The van der Waals surface area contributed by atoms with Crippen LogP contribution in [-0.2, 0) is 10.2 Å². The van der Waals surface area contributed by atoms with E-state index in [0.717, 1.165) is 12.0 Å². The zero-order valence-corrected chi connectivity index (χ0v) is 19.2. The number of hydrogen-bond donors (Lipinski definition) is 2. The minimum Gasteiger partial charge on any atom is -0.382 e. The second-order valence-corrected chi connectivity index (χ2v) is 10.9. The predicted octanol–water partition coefficient (Wildman–Crippen LogP) is 4.54. The summed E-state index contributed by atoms with van der Waals surface area (Å²) in [6.45, 7) is 12.8. The number of fused-ring (bicyclic) bond motifs is 1. The highest BCUT2D eigenvalue weighted by Crippen LogP contribution is 2.60. The van der Waals surface area contributed by atoms with Crippen molar-refractivity contribution < 1.29 is 19.8 Å². The van der Waals surface area contributed by atoms with E-state index in [-0.39, 0.29) is 28.3 Å². The van der Waals surface area contributed by atoms with Crippen LogP contribution in [0.3, 0.4) is 0 Å². The number of Topliss-reactive ketones (excluding diaryl/α,β-unsaturated/α-hetero) is 2. The Kier molecular flexibility index (Phi) is 5.28. The van der Waals surface area contributed by atoms with Gasteiger partial charge in [0.1, 0.15) is 11.2 Å². The first-order valence-corrected chi connectivity index (χ1v) is 10.6. The van der Waals surface area contributed by atoms with Crippen LogP contribution in [0.15, 0.2) is 47.6 Å². The highest BCUT2D eigenvalue weighted by Gasteiger charge is 2.53. The van der Waals surface area contributed by atoms with Crippen LogP contribution >= 0.6 is 0 Å². The molecule has 2 N–H and O–H groups in total. The van der Waals surface area contributed by atoms with Crippen LogP contribution < -0.4 is 0 Å². The number of carbonyl (C=O) groups is 2. The van der Waals surface area contributed by atoms with E-state index < -0.39 is 11.2 Å². The molecule has 2 aliphatic rings. The molecule has 0 heterocycles. The highest BCUT2D eigenvalue weighted by atomic mass is 16.3. The fourth-order valence-electron chi connectivity index (χ4n) is 5.33. The molecule has 1 saturated carbocycles. The Morgan fingerprint density at radius 1 is 0.900 bits per heavy atom. The first kappa shape index (κ1) is 22.6. The Morgan fingerprint density at radius 2 is 1.43 bits per heavy atom. The Bertz CT molecular complexity index is 933. The van der Waals surface area contributed by atoms with Crippen LogP contribution in [0.25, 0.3) is 0 Å². The SMILES string of the molecule is CC(C)(O)C(=O)C1=CC=C2C(C1)C(C)(c1ccc(C(=O)C(C)(C)O)cc1)CC2(C)C. The van der Waals surface area contributed by atoms with E-state index in [1.165, 1.54) is 33.3 Å². The quantitative estimate of drug-likeness (QED) is 0.699. The standard InChI is InChI=1S/C26H34O4/c1-23(2)15-26(7,18-11-8-16(9-12-18)21(27)24(3,4)29)20-14-17(10-13-19(20)23)22(28)25(5,6)30/h8-13,20,29-30H,14-15H2,1-7H3. The van der Waals surface area contributed by atoms with Gasteiger partial charge in [-0.25, -0.2) is 0 Å². The van der Waals surface area contributed by atoms with Gasteiger partial charge in [0.05, 0.1) is 0 Å². The van der Waals surface area contributed by atoms with Gasteiger partial charge >= 0.3 is 0 Å². The molecule has 0 radical (unpaired) electrons. The van der Waals surface area contributed by atoms with Gasteiger partial charge < -0.3 is 10.2 Å². The zero-order chi connectivity index (χ0) is 22.7. The van der Waals surface area contributed by atoms with Crippen LogP contribution in [0, 0.1) is 11.3 Å². The minimum absolute atomic E-state index is 0.0131. The van der Waals surface area contributed by atoms with Gasteiger partial charge in [-0.1, -0.05) is 62.8 Å². The predicted molar refractivity (Wildman–Crippen MR) is 118 cm³/mol. The average molecular weight is 411 g/mol. The number of rotatable bonds is 5. The summed E-state index contributed by atoms with van der Waals surface area (Å²) in [5.41, 5.74) is 0.588. The van der Waals surface area contributed by atoms with Gasteiger partial charge in [-0.2, -0.15) is 0 Å². The molecule has 162 valence electrons. The number of ketones is 2. The van der Waals surface area contributed by atoms with Gasteiger partial charge in [0.15, 0.2) is 11.6 Å². The first-order valence-electron chi connectivity index (χ1n) is 10.6. The molecule has 2 atom stereocenters. The second kappa shape index (κ2) is 7.00. The van der Waals surface area contributed by atoms with Crippen LogP contribution in [0.4, 0.5) is 0 Å². The summed E-state index contributed by atoms with van der Waals surface area (Å²) in [5, 5.41) is 20.2. The molecule has 2 aliphatic carbocycles. The van der Waals surface area contributed by atoms with Gasteiger partial charge in [-0.3, -0.25) is 9.59 Å². The number of hydrogen-bond acceptors (Lipinski definition) is 4. The molecule has 1 aromatic rings. The third-order valence-electron chi connectivity index (χ3n) is 6.83. The largest absolute Gasteiger partial charge is 0.382 e. The van der Waals surface area contributed by atoms with Crippen LogP contribution in [0.1, 0.15) is 77.2 Å². The van der Waals surface area contributed by atoms with E-state index in [4.69, 9.17) is 0 Å². The lowest BCUT2D eigenvalue weighted by Crippen LogP contribution is -2.36. The Morgan fingerprint density at radius 3 is 1.93 bits per heavy atom. The molecule has 0 aromatic heterocycles. The number of aliphatic hydroxyl groups is 2.